The molecule has 6 rings (SSSR count). The summed E-state index contributed by atoms with van der Waals surface area (Å²) in [6.45, 7) is 3.82. The number of ether oxygens (including phenoxy) is 1. The highest BCUT2D eigenvalue weighted by Crippen LogP contribution is 2.40. The highest BCUT2D eigenvalue weighted by Gasteiger charge is 2.27. The lowest BCUT2D eigenvalue weighted by Crippen LogP contribution is -2.50. The van der Waals surface area contributed by atoms with Crippen molar-refractivity contribution in [3.05, 3.63) is 70.9 Å². The lowest BCUT2D eigenvalue weighted by Gasteiger charge is -2.33. The quantitative estimate of drug-likeness (QED) is 0.244. The molecule has 1 atom stereocenters. The van der Waals surface area contributed by atoms with E-state index in [9.17, 15) is 8.42 Å². The maximum absolute atomic E-state index is 15.6. The van der Waals surface area contributed by atoms with E-state index in [1.807, 2.05) is 6.92 Å². The van der Waals surface area contributed by atoms with Crippen LogP contribution in [0.25, 0.3) is 27.7 Å². The standard InChI is InChI=1S/C29H29ClF2N6O3S/c1-2-38-28-20(16-7-9-17(10-8-16)35-18-14-41-15-18)13-34-29(33)26(28)27(36-38)19-11-23(32)24(12-22(19)31)37-42(39,40)25-6-4-3-5-21(25)30/h3-7,11-13,17-18,35,37H,2,8-10,14-15H2,1H3,(H2,33,34)/t17-/m1/s1. The molecule has 220 valence electrons. The molecular weight excluding hydrogens is 586 g/mol. The van der Waals surface area contributed by atoms with Gasteiger partial charge in [0.15, 0.2) is 0 Å². The molecule has 1 aliphatic heterocycles. The lowest BCUT2D eigenvalue weighted by molar-refractivity contribution is -0.0103. The number of nitrogen functional groups attached to an aromatic ring is 1. The third-order valence-electron chi connectivity index (χ3n) is 7.64. The van der Waals surface area contributed by atoms with Gasteiger partial charge in [-0.15, -0.1) is 0 Å². The van der Waals surface area contributed by atoms with Crippen molar-refractivity contribution >= 4 is 49.6 Å². The van der Waals surface area contributed by atoms with Gasteiger partial charge in [0.2, 0.25) is 0 Å². The van der Waals surface area contributed by atoms with Gasteiger partial charge in [-0.25, -0.2) is 22.2 Å². The second-order valence-electron chi connectivity index (χ2n) is 10.4. The Morgan fingerprint density at radius 1 is 1.14 bits per heavy atom. The molecule has 1 aliphatic carbocycles. The summed E-state index contributed by atoms with van der Waals surface area (Å²) in [6.07, 6.45) is 6.47. The molecule has 0 saturated carbocycles. The Morgan fingerprint density at radius 2 is 1.93 bits per heavy atom. The predicted molar refractivity (Wildman–Crippen MR) is 159 cm³/mol. The molecule has 0 amide bonds. The summed E-state index contributed by atoms with van der Waals surface area (Å²) in [4.78, 5) is 4.14. The highest BCUT2D eigenvalue weighted by atomic mass is 35.5. The number of nitrogens with one attached hydrogen (secondary N) is 2. The molecule has 0 unspecified atom stereocenters. The Labute approximate surface area is 246 Å². The molecule has 4 aromatic rings. The van der Waals surface area contributed by atoms with Crippen molar-refractivity contribution in [3.8, 4) is 11.3 Å². The Kier molecular flexibility index (Phi) is 7.64. The zero-order valence-corrected chi connectivity index (χ0v) is 24.3. The van der Waals surface area contributed by atoms with E-state index in [0.29, 0.717) is 29.5 Å². The third kappa shape index (κ3) is 5.24. The molecule has 0 radical (unpaired) electrons. The van der Waals surface area contributed by atoms with E-state index in [-0.39, 0.29) is 27.0 Å². The minimum atomic E-state index is -4.28. The van der Waals surface area contributed by atoms with Crippen molar-refractivity contribution in [1.82, 2.24) is 20.1 Å². The van der Waals surface area contributed by atoms with Crippen molar-refractivity contribution in [2.45, 2.75) is 49.7 Å². The summed E-state index contributed by atoms with van der Waals surface area (Å²) < 4.78 is 65.7. The minimum Gasteiger partial charge on any atom is -0.383 e. The number of nitrogens with zero attached hydrogens (tertiary/aromatic N) is 3. The van der Waals surface area contributed by atoms with E-state index >= 15 is 8.78 Å². The van der Waals surface area contributed by atoms with Crippen molar-refractivity contribution < 1.29 is 21.9 Å². The number of hydrogen-bond acceptors (Lipinski definition) is 7. The molecule has 4 N–H and O–H groups in total. The predicted octanol–water partition coefficient (Wildman–Crippen LogP) is 5.36. The van der Waals surface area contributed by atoms with E-state index in [2.05, 4.69) is 26.2 Å². The van der Waals surface area contributed by atoms with Crippen molar-refractivity contribution in [3.63, 3.8) is 0 Å². The van der Waals surface area contributed by atoms with E-state index < -0.39 is 27.3 Å². The van der Waals surface area contributed by atoms with Crippen LogP contribution in [-0.2, 0) is 21.3 Å². The first-order valence-electron chi connectivity index (χ1n) is 13.6. The first-order chi connectivity index (χ1) is 20.2. The molecule has 2 aromatic heterocycles. The van der Waals surface area contributed by atoms with Crippen LogP contribution in [0.2, 0.25) is 5.02 Å². The number of hydrogen-bond donors (Lipinski definition) is 3. The topological polar surface area (TPSA) is 124 Å². The summed E-state index contributed by atoms with van der Waals surface area (Å²) >= 11 is 6.01. The van der Waals surface area contributed by atoms with Crippen molar-refractivity contribution in [2.75, 3.05) is 23.7 Å². The van der Waals surface area contributed by atoms with Crippen LogP contribution in [0.3, 0.4) is 0 Å². The number of aromatic nitrogens is 3. The van der Waals surface area contributed by atoms with Crippen LogP contribution in [0.5, 0.6) is 0 Å². The van der Waals surface area contributed by atoms with Crippen LogP contribution in [0.4, 0.5) is 20.3 Å². The normalized spacial score (nSPS) is 17.7. The SMILES string of the molecule is CCn1nc(-c2cc(F)c(NS(=O)(=O)c3ccccc3Cl)cc2F)c2c(N)ncc(C3=CC[C@@H](NC4COC4)CC3)c21. The maximum atomic E-state index is 15.6. The zero-order chi connectivity index (χ0) is 29.6. The molecule has 13 heteroatoms. The Balaban J connectivity index is 1.37. The van der Waals surface area contributed by atoms with E-state index in [0.717, 1.165) is 55.7 Å². The summed E-state index contributed by atoms with van der Waals surface area (Å²) in [7, 11) is -4.28. The molecule has 3 heterocycles. The van der Waals surface area contributed by atoms with Gasteiger partial charge >= 0.3 is 0 Å². The average molecular weight is 615 g/mol. The molecule has 2 aliphatic rings. The lowest BCUT2D eigenvalue weighted by atomic mass is 9.89. The number of halogens is 3. The van der Waals surface area contributed by atoms with Gasteiger partial charge in [-0.1, -0.05) is 29.8 Å². The molecule has 2 aromatic carbocycles. The van der Waals surface area contributed by atoms with Crippen LogP contribution in [-0.4, -0.2) is 48.5 Å². The Morgan fingerprint density at radius 3 is 2.60 bits per heavy atom. The molecule has 42 heavy (non-hydrogen) atoms. The number of pyridine rings is 1. The van der Waals surface area contributed by atoms with Gasteiger partial charge in [0.25, 0.3) is 10.0 Å². The number of anilines is 2. The number of rotatable bonds is 8. The molecule has 0 spiro atoms. The van der Waals surface area contributed by atoms with E-state index in [1.165, 1.54) is 18.2 Å². The fourth-order valence-electron chi connectivity index (χ4n) is 5.45. The van der Waals surface area contributed by atoms with Gasteiger partial charge in [0, 0.05) is 36.0 Å². The van der Waals surface area contributed by atoms with Gasteiger partial charge in [0.1, 0.15) is 28.0 Å². The molecular formula is C29H29ClF2N6O3S. The highest BCUT2D eigenvalue weighted by molar-refractivity contribution is 7.92. The van der Waals surface area contributed by atoms with Crippen LogP contribution in [0.1, 0.15) is 31.7 Å². The monoisotopic (exact) mass is 614 g/mol. The number of fused-ring (bicyclic) bond motifs is 1. The molecule has 1 saturated heterocycles. The Hall–Kier alpha value is -3.58. The fourth-order valence-corrected chi connectivity index (χ4v) is 7.03. The largest absolute Gasteiger partial charge is 0.383 e. The summed E-state index contributed by atoms with van der Waals surface area (Å²) in [5.41, 5.74) is 8.33. The summed E-state index contributed by atoms with van der Waals surface area (Å²) in [6, 6.07) is 8.15. The number of aryl methyl sites for hydroxylation is 1. The van der Waals surface area contributed by atoms with Gasteiger partial charge in [0.05, 0.1) is 40.9 Å². The van der Waals surface area contributed by atoms with E-state index in [1.54, 1.807) is 16.9 Å². The first kappa shape index (κ1) is 28.5. The second kappa shape index (κ2) is 11.3. The minimum absolute atomic E-state index is 0.0503. The fraction of sp³-hybridized carbons (Fsp3) is 0.310. The van der Waals surface area contributed by atoms with Gasteiger partial charge in [-0.3, -0.25) is 9.40 Å². The molecule has 0 bridgehead atoms. The van der Waals surface area contributed by atoms with Crippen LogP contribution in [0, 0.1) is 11.6 Å². The van der Waals surface area contributed by atoms with Crippen molar-refractivity contribution in [1.29, 1.82) is 0 Å². The van der Waals surface area contributed by atoms with E-state index in [4.69, 9.17) is 22.1 Å². The van der Waals surface area contributed by atoms with Gasteiger partial charge < -0.3 is 15.8 Å². The average Bonchev–Trinajstić information content (AvgIpc) is 3.34. The smallest absolute Gasteiger partial charge is 0.263 e. The number of benzene rings is 2. The summed E-state index contributed by atoms with van der Waals surface area (Å²) in [5.74, 6) is -1.74. The number of nitrogens with two attached hydrogens (primary N) is 1. The maximum Gasteiger partial charge on any atom is 0.263 e. The van der Waals surface area contributed by atoms with Gasteiger partial charge in [-0.05, 0) is 50.0 Å². The third-order valence-corrected chi connectivity index (χ3v) is 9.51. The van der Waals surface area contributed by atoms with Crippen LogP contribution in [0.15, 0.2) is 53.6 Å². The number of sulfonamides is 1. The van der Waals surface area contributed by atoms with Gasteiger partial charge in [-0.2, -0.15) is 5.10 Å². The first-order valence-corrected chi connectivity index (χ1v) is 15.5. The summed E-state index contributed by atoms with van der Waals surface area (Å²) in [5, 5.41) is 8.58. The van der Waals surface area contributed by atoms with Crippen LogP contribution < -0.4 is 15.8 Å². The van der Waals surface area contributed by atoms with Crippen LogP contribution >= 0.6 is 11.6 Å². The molecule has 1 fully saturated rings. The second-order valence-corrected chi connectivity index (χ2v) is 12.5. The number of allylic oxidation sites excluding steroid dienone is 1. The van der Waals surface area contributed by atoms with Crippen molar-refractivity contribution in [2.24, 2.45) is 0 Å². The Bertz CT molecular complexity index is 1820. The zero-order valence-electron chi connectivity index (χ0n) is 22.7. The molecule has 9 nitrogen and oxygen atoms in total.